The summed E-state index contributed by atoms with van der Waals surface area (Å²) in [6.07, 6.45) is -4.22. The first-order chi connectivity index (χ1) is 25.1. The van der Waals surface area contributed by atoms with E-state index in [1.807, 2.05) is 34.6 Å². The van der Waals surface area contributed by atoms with Crippen LogP contribution < -0.4 is 14.9 Å². The molecule has 0 saturated carbocycles. The van der Waals surface area contributed by atoms with Crippen molar-refractivity contribution in [2.45, 2.75) is 58.4 Å². The Morgan fingerprint density at radius 2 is 1.83 bits per heavy atom. The molecule has 1 spiro atoms. The largest absolute Gasteiger partial charge is 0.393 e. The topological polar surface area (TPSA) is 143 Å². The number of alkyl halides is 3. The highest BCUT2D eigenvalue weighted by Crippen LogP contribution is 2.44. The van der Waals surface area contributed by atoms with E-state index in [0.717, 1.165) is 39.8 Å². The predicted molar refractivity (Wildman–Crippen MR) is 198 cm³/mol. The van der Waals surface area contributed by atoms with Gasteiger partial charge in [-0.15, -0.1) is 11.3 Å². The van der Waals surface area contributed by atoms with Gasteiger partial charge in [-0.3, -0.25) is 9.69 Å². The third-order valence-electron chi connectivity index (χ3n) is 11.0. The van der Waals surface area contributed by atoms with Crippen molar-refractivity contribution in [2.24, 2.45) is 5.41 Å². The fourth-order valence-corrected chi connectivity index (χ4v) is 10.1. The number of carbonyl (C=O) groups excluding carboxylic acids is 1. The first-order valence-corrected chi connectivity index (χ1v) is 19.9. The van der Waals surface area contributed by atoms with Crippen molar-refractivity contribution >= 4 is 60.3 Å². The van der Waals surface area contributed by atoms with Crippen molar-refractivity contribution in [3.63, 3.8) is 0 Å². The van der Waals surface area contributed by atoms with Gasteiger partial charge in [0.15, 0.2) is 0 Å². The third kappa shape index (κ3) is 7.29. The van der Waals surface area contributed by atoms with E-state index in [0.29, 0.717) is 93.0 Å². The molecule has 7 rings (SSSR count). The number of rotatable bonds is 10. The molecule has 0 radical (unpaired) electrons. The molecule has 3 fully saturated rings. The van der Waals surface area contributed by atoms with Gasteiger partial charge < -0.3 is 19.7 Å². The van der Waals surface area contributed by atoms with Crippen LogP contribution in [0.5, 0.6) is 0 Å². The van der Waals surface area contributed by atoms with Crippen LogP contribution in [0.25, 0.3) is 21.1 Å². The molecule has 0 aliphatic carbocycles. The fraction of sp³-hybridized carbons (Fsp3) is 0.543. The lowest BCUT2D eigenvalue weighted by atomic mass is 9.86. The minimum Gasteiger partial charge on any atom is -0.357 e. The van der Waals surface area contributed by atoms with Crippen molar-refractivity contribution < 1.29 is 26.4 Å². The lowest BCUT2D eigenvalue weighted by Gasteiger charge is -2.37. The monoisotopic (exact) mass is 772 g/mol. The average Bonchev–Trinajstić information content (AvgIpc) is 3.89. The summed E-state index contributed by atoms with van der Waals surface area (Å²) in [5, 5.41) is 14.6. The number of nitrogens with one attached hydrogen (secondary N) is 2. The molecule has 1 unspecified atom stereocenters. The van der Waals surface area contributed by atoms with Gasteiger partial charge >= 0.3 is 6.18 Å². The molecule has 1 amide bonds. The van der Waals surface area contributed by atoms with Crippen molar-refractivity contribution in [2.75, 3.05) is 70.1 Å². The van der Waals surface area contributed by atoms with Gasteiger partial charge in [0, 0.05) is 107 Å². The molecule has 18 heteroatoms. The summed E-state index contributed by atoms with van der Waals surface area (Å²) >= 11 is 1.03. The number of aryl methyl sites for hydroxylation is 1. The van der Waals surface area contributed by atoms with E-state index in [9.17, 15) is 31.6 Å². The quantitative estimate of drug-likeness (QED) is 0.244. The summed E-state index contributed by atoms with van der Waals surface area (Å²) in [6.45, 7) is 8.81. The third-order valence-corrected chi connectivity index (χ3v) is 13.6. The number of hydrogen-bond acceptors (Lipinski definition) is 10. The van der Waals surface area contributed by atoms with Gasteiger partial charge in [-0.25, -0.2) is 9.71 Å². The fourth-order valence-electron chi connectivity index (χ4n) is 8.19. The number of nitriles is 1. The molecule has 2 N–H and O–H groups in total. The molecular weight excluding hydrogens is 730 g/mol. The molecule has 2 atom stereocenters. The maximum atomic E-state index is 13.6. The Morgan fingerprint density at radius 3 is 2.51 bits per heavy atom. The predicted octanol–water partition coefficient (Wildman–Crippen LogP) is 4.07. The number of benzene rings is 1. The van der Waals surface area contributed by atoms with Gasteiger partial charge in [0.25, 0.3) is 10.2 Å². The van der Waals surface area contributed by atoms with Crippen LogP contribution in [0, 0.1) is 23.7 Å². The molecule has 0 bridgehead atoms. The molecule has 284 valence electrons. The highest BCUT2D eigenvalue weighted by Gasteiger charge is 2.48. The number of aromatic nitrogens is 3. The number of amides is 1. The van der Waals surface area contributed by atoms with E-state index < -0.39 is 22.8 Å². The second-order valence-electron chi connectivity index (χ2n) is 14.5. The number of halogens is 3. The smallest absolute Gasteiger partial charge is 0.357 e. The van der Waals surface area contributed by atoms with E-state index in [1.165, 1.54) is 11.4 Å². The number of hydrogen-bond donors (Lipinski definition) is 2. The van der Waals surface area contributed by atoms with Crippen LogP contribution in [-0.2, 0) is 34.5 Å². The number of likely N-dealkylation sites (tertiary alicyclic amines) is 1. The standard InChI is InChI=1S/C35H43F3N10O3S2/c1-22(44-9-11-47(12-10-44)53(50,51)41-4)18-48-25(17-39)13-27-23(2)24(5-6-29(27)48)19-46-21-34(16-30(46)49)7-8-45(20-34)31-28-14-26(15-35(36,37)38)52-32(28)43-33(40-3)42-31/h5-6,13-14,22,41H,7-12,15-16,18-21H2,1-4H3,(H,40,42,43)/t22-,34?/m0/s1. The number of thiophene rings is 1. The van der Waals surface area contributed by atoms with Crippen molar-refractivity contribution in [1.82, 2.24) is 33.4 Å². The van der Waals surface area contributed by atoms with E-state index in [1.54, 1.807) is 13.1 Å². The number of carbonyl (C=O) groups is 1. The van der Waals surface area contributed by atoms with E-state index in [-0.39, 0.29) is 22.2 Å². The Labute approximate surface area is 310 Å². The van der Waals surface area contributed by atoms with Crippen LogP contribution in [0.4, 0.5) is 24.9 Å². The van der Waals surface area contributed by atoms with Crippen LogP contribution in [0.2, 0.25) is 0 Å². The molecule has 3 aromatic heterocycles. The van der Waals surface area contributed by atoms with Crippen LogP contribution in [0.3, 0.4) is 0 Å². The van der Waals surface area contributed by atoms with Crippen LogP contribution in [0.15, 0.2) is 24.3 Å². The number of nitrogens with zero attached hydrogens (tertiary/aromatic N) is 8. The first-order valence-electron chi connectivity index (χ1n) is 17.6. The summed E-state index contributed by atoms with van der Waals surface area (Å²) in [6, 6.07) is 9.92. The maximum absolute atomic E-state index is 13.6. The summed E-state index contributed by atoms with van der Waals surface area (Å²) in [7, 11) is -0.379. The zero-order valence-corrected chi connectivity index (χ0v) is 31.8. The molecule has 6 heterocycles. The molecule has 3 aliphatic rings. The Kier molecular flexibility index (Phi) is 9.85. The normalized spacial score (nSPS) is 21.1. The van der Waals surface area contributed by atoms with Crippen molar-refractivity contribution in [1.29, 1.82) is 5.26 Å². The summed E-state index contributed by atoms with van der Waals surface area (Å²) in [5.74, 6) is 0.987. The minimum atomic E-state index is -4.33. The lowest BCUT2D eigenvalue weighted by Crippen LogP contribution is -2.54. The summed E-state index contributed by atoms with van der Waals surface area (Å²) in [4.78, 5) is 29.5. The molecule has 53 heavy (non-hydrogen) atoms. The summed E-state index contributed by atoms with van der Waals surface area (Å²) < 4.78 is 70.0. The van der Waals surface area contributed by atoms with Crippen molar-refractivity contribution in [3.05, 3.63) is 46.0 Å². The van der Waals surface area contributed by atoms with Crippen LogP contribution >= 0.6 is 11.3 Å². The zero-order valence-electron chi connectivity index (χ0n) is 30.1. The van der Waals surface area contributed by atoms with E-state index >= 15 is 0 Å². The lowest BCUT2D eigenvalue weighted by molar-refractivity contribution is -0.128. The van der Waals surface area contributed by atoms with Gasteiger partial charge in [-0.05, 0) is 49.6 Å². The Hall–Kier alpha value is -4.02. The Bertz CT molecular complexity index is 2210. The molecule has 1 aromatic carbocycles. The number of anilines is 2. The van der Waals surface area contributed by atoms with E-state index in [4.69, 9.17) is 0 Å². The molecule has 3 aliphatic heterocycles. The molecule has 13 nitrogen and oxygen atoms in total. The number of fused-ring (bicyclic) bond motifs is 2. The van der Waals surface area contributed by atoms with Crippen molar-refractivity contribution in [3.8, 4) is 6.07 Å². The van der Waals surface area contributed by atoms with Gasteiger partial charge in [0.2, 0.25) is 11.9 Å². The second kappa shape index (κ2) is 14.0. The number of piperazine rings is 1. The van der Waals surface area contributed by atoms with Gasteiger partial charge in [-0.2, -0.15) is 36.1 Å². The molecular formula is C35H43F3N10O3S2. The van der Waals surface area contributed by atoms with E-state index in [2.05, 4.69) is 42.8 Å². The molecule has 3 saturated heterocycles. The Balaban J connectivity index is 1.06. The molecule has 4 aromatic rings. The SMILES string of the molecule is CNc1nc(N2CCC3(CC(=O)N(Cc4ccc5c(cc(C#N)n5C[C@H](C)N5CCN(S(=O)(=O)NC)CC5)c4C)C3)C2)c2cc(CC(F)(F)F)sc2n1. The second-order valence-corrected chi connectivity index (χ2v) is 17.5. The van der Waals surface area contributed by atoms with Gasteiger partial charge in [-0.1, -0.05) is 6.07 Å². The zero-order chi connectivity index (χ0) is 37.9. The highest BCUT2D eigenvalue weighted by molar-refractivity contribution is 7.87. The highest BCUT2D eigenvalue weighted by atomic mass is 32.2. The van der Waals surface area contributed by atoms with Crippen LogP contribution in [0.1, 0.15) is 41.5 Å². The average molecular weight is 773 g/mol. The first kappa shape index (κ1) is 37.3. The van der Waals surface area contributed by atoms with Crippen LogP contribution in [-0.4, -0.2) is 115 Å². The maximum Gasteiger partial charge on any atom is 0.393 e. The van der Waals surface area contributed by atoms with Gasteiger partial charge in [0.1, 0.15) is 22.4 Å². The minimum absolute atomic E-state index is 0.0600. The Morgan fingerprint density at radius 1 is 1.08 bits per heavy atom. The summed E-state index contributed by atoms with van der Waals surface area (Å²) in [5.41, 5.74) is 3.18. The van der Waals surface area contributed by atoms with Gasteiger partial charge in [0.05, 0.1) is 11.8 Å².